The van der Waals surface area contributed by atoms with Crippen molar-refractivity contribution in [2.24, 2.45) is 0 Å². The fourth-order valence-corrected chi connectivity index (χ4v) is 4.04. The average Bonchev–Trinajstić information content (AvgIpc) is 3.38. The van der Waals surface area contributed by atoms with Crippen LogP contribution in [-0.4, -0.2) is 32.7 Å². The van der Waals surface area contributed by atoms with Crippen LogP contribution >= 0.6 is 0 Å². The molecule has 1 aromatic carbocycles. The van der Waals surface area contributed by atoms with Crippen molar-refractivity contribution in [3.05, 3.63) is 88.1 Å². The van der Waals surface area contributed by atoms with Crippen LogP contribution < -0.4 is 5.56 Å². The summed E-state index contributed by atoms with van der Waals surface area (Å²) in [6, 6.07) is 8.55. The number of hydrogen-bond donors (Lipinski definition) is 0. The maximum absolute atomic E-state index is 14.1. The molecule has 9 heteroatoms. The molecule has 2 aliphatic rings. The van der Waals surface area contributed by atoms with Gasteiger partial charge in [0.15, 0.2) is 11.6 Å². The van der Waals surface area contributed by atoms with Crippen molar-refractivity contribution in [1.82, 2.24) is 19.5 Å². The summed E-state index contributed by atoms with van der Waals surface area (Å²) < 4.78 is 47.3. The van der Waals surface area contributed by atoms with Gasteiger partial charge in [-0.1, -0.05) is 6.07 Å². The Bertz CT molecular complexity index is 1380. The van der Waals surface area contributed by atoms with Crippen LogP contribution in [0.15, 0.2) is 53.6 Å². The standard InChI is InChI=1S/C16H10F3N3O.C6H7N.C5H10O/c17-10-7-12(19)11(18)6-9(10)14-15-8(3-4-20-14)16(23)22-5-1-2-13(22)21-15;1-6-4-2-3-5-7-6;1-2-4-6-5-3-1/h3-4,6-7H,1-2,5H2;2-5H,1H3;1-5H2. The summed E-state index contributed by atoms with van der Waals surface area (Å²) in [6.07, 6.45) is 8.50. The Kier molecular flexibility index (Phi) is 8.43. The smallest absolute Gasteiger partial charge is 0.261 e. The molecular weight excluding hydrogens is 469 g/mol. The molecule has 0 aliphatic carbocycles. The minimum absolute atomic E-state index is 0.0336. The van der Waals surface area contributed by atoms with Crippen molar-refractivity contribution in [3.8, 4) is 11.3 Å². The first kappa shape index (κ1) is 25.5. The third kappa shape index (κ3) is 5.96. The molecular formula is C27H27F3N4O2. The molecule has 0 amide bonds. The van der Waals surface area contributed by atoms with Gasteiger partial charge < -0.3 is 4.74 Å². The number of nitrogens with zero attached hydrogens (tertiary/aromatic N) is 4. The Morgan fingerprint density at radius 1 is 0.889 bits per heavy atom. The van der Waals surface area contributed by atoms with Crippen LogP contribution in [-0.2, 0) is 17.7 Å². The lowest BCUT2D eigenvalue weighted by atomic mass is 10.1. The lowest BCUT2D eigenvalue weighted by Gasteiger charge is -2.09. The maximum atomic E-state index is 14.1. The normalized spacial score (nSPS) is 14.3. The van der Waals surface area contributed by atoms with Gasteiger partial charge in [0.2, 0.25) is 0 Å². The second-order valence-electron chi connectivity index (χ2n) is 8.53. The van der Waals surface area contributed by atoms with Gasteiger partial charge in [0.05, 0.1) is 11.1 Å². The summed E-state index contributed by atoms with van der Waals surface area (Å²) >= 11 is 0. The average molecular weight is 497 g/mol. The van der Waals surface area contributed by atoms with E-state index in [0.717, 1.165) is 31.4 Å². The van der Waals surface area contributed by atoms with Gasteiger partial charge in [-0.15, -0.1) is 0 Å². The van der Waals surface area contributed by atoms with E-state index in [-0.39, 0.29) is 27.7 Å². The fourth-order valence-electron chi connectivity index (χ4n) is 4.04. The summed E-state index contributed by atoms with van der Waals surface area (Å²) in [7, 11) is 0. The van der Waals surface area contributed by atoms with Crippen LogP contribution in [0.2, 0.25) is 0 Å². The Morgan fingerprint density at radius 2 is 1.67 bits per heavy atom. The first-order valence-corrected chi connectivity index (χ1v) is 11.9. The molecule has 0 radical (unpaired) electrons. The second kappa shape index (κ2) is 11.9. The molecule has 6 rings (SSSR count). The Morgan fingerprint density at radius 3 is 2.28 bits per heavy atom. The van der Waals surface area contributed by atoms with E-state index in [1.165, 1.54) is 31.5 Å². The number of aromatic nitrogens is 4. The van der Waals surface area contributed by atoms with Gasteiger partial charge in [-0.3, -0.25) is 19.3 Å². The van der Waals surface area contributed by atoms with Gasteiger partial charge in [0, 0.05) is 55.9 Å². The fraction of sp³-hybridized carbons (Fsp3) is 0.333. The Hall–Kier alpha value is -3.59. The Labute approximate surface area is 206 Å². The molecule has 3 aromatic heterocycles. The molecule has 5 heterocycles. The lowest BCUT2D eigenvalue weighted by Crippen LogP contribution is -2.21. The number of fused-ring (bicyclic) bond motifs is 2. The molecule has 0 bridgehead atoms. The summed E-state index contributed by atoms with van der Waals surface area (Å²) in [5.41, 5.74) is 0.864. The zero-order valence-corrected chi connectivity index (χ0v) is 20.0. The lowest BCUT2D eigenvalue weighted by molar-refractivity contribution is 0.0968. The molecule has 2 aliphatic heterocycles. The van der Waals surface area contributed by atoms with Gasteiger partial charge in [-0.25, -0.2) is 18.2 Å². The molecule has 1 fully saturated rings. The predicted molar refractivity (Wildman–Crippen MR) is 131 cm³/mol. The van der Waals surface area contributed by atoms with E-state index in [1.54, 1.807) is 10.8 Å². The first-order valence-electron chi connectivity index (χ1n) is 11.9. The quantitative estimate of drug-likeness (QED) is 0.330. The summed E-state index contributed by atoms with van der Waals surface area (Å²) in [5.74, 6) is -2.82. The third-order valence-electron chi connectivity index (χ3n) is 5.89. The van der Waals surface area contributed by atoms with E-state index >= 15 is 0 Å². The number of halogens is 3. The van der Waals surface area contributed by atoms with Crippen molar-refractivity contribution in [3.63, 3.8) is 0 Å². The highest BCUT2D eigenvalue weighted by Gasteiger charge is 2.21. The largest absolute Gasteiger partial charge is 0.381 e. The van der Waals surface area contributed by atoms with Crippen molar-refractivity contribution in [2.75, 3.05) is 13.2 Å². The van der Waals surface area contributed by atoms with E-state index in [0.29, 0.717) is 24.9 Å². The first-order chi connectivity index (χ1) is 17.5. The molecule has 0 spiro atoms. The highest BCUT2D eigenvalue weighted by molar-refractivity contribution is 5.90. The molecule has 0 N–H and O–H groups in total. The van der Waals surface area contributed by atoms with Crippen LogP contribution in [0.25, 0.3) is 22.2 Å². The second-order valence-corrected chi connectivity index (χ2v) is 8.53. The van der Waals surface area contributed by atoms with E-state index in [4.69, 9.17) is 4.74 Å². The molecule has 1 saturated heterocycles. The molecule has 36 heavy (non-hydrogen) atoms. The summed E-state index contributed by atoms with van der Waals surface area (Å²) in [4.78, 5) is 24.9. The summed E-state index contributed by atoms with van der Waals surface area (Å²) in [6.45, 7) is 4.56. The number of rotatable bonds is 1. The zero-order chi connectivity index (χ0) is 25.5. The molecule has 4 aromatic rings. The van der Waals surface area contributed by atoms with Crippen molar-refractivity contribution in [2.45, 2.75) is 45.6 Å². The predicted octanol–water partition coefficient (Wildman–Crippen LogP) is 5.40. The minimum Gasteiger partial charge on any atom is -0.381 e. The van der Waals surface area contributed by atoms with E-state index < -0.39 is 17.5 Å². The van der Waals surface area contributed by atoms with Gasteiger partial charge in [0.1, 0.15) is 17.2 Å². The Balaban J connectivity index is 0.000000190. The van der Waals surface area contributed by atoms with Gasteiger partial charge >= 0.3 is 0 Å². The van der Waals surface area contributed by atoms with E-state index in [2.05, 4.69) is 15.0 Å². The minimum atomic E-state index is -1.28. The number of benzene rings is 1. The molecule has 6 nitrogen and oxygen atoms in total. The van der Waals surface area contributed by atoms with Crippen LogP contribution in [0, 0.1) is 24.4 Å². The van der Waals surface area contributed by atoms with Crippen molar-refractivity contribution < 1.29 is 17.9 Å². The summed E-state index contributed by atoms with van der Waals surface area (Å²) in [5, 5.41) is 0.282. The van der Waals surface area contributed by atoms with Gasteiger partial charge in [0.25, 0.3) is 5.56 Å². The van der Waals surface area contributed by atoms with E-state index in [9.17, 15) is 18.0 Å². The number of hydrogen-bond acceptors (Lipinski definition) is 5. The van der Waals surface area contributed by atoms with Crippen LogP contribution in [0.3, 0.4) is 0 Å². The van der Waals surface area contributed by atoms with Crippen molar-refractivity contribution in [1.29, 1.82) is 0 Å². The SMILES string of the molecule is C1CCOCC1.Cc1ccccn1.O=c1c2ccnc(-c3cc(F)c(F)cc3F)c2nc2n1CCC2. The van der Waals surface area contributed by atoms with Gasteiger partial charge in [-0.2, -0.15) is 0 Å². The molecule has 0 atom stereocenters. The molecule has 0 unspecified atom stereocenters. The highest BCUT2D eigenvalue weighted by Crippen LogP contribution is 2.28. The third-order valence-corrected chi connectivity index (χ3v) is 5.89. The van der Waals surface area contributed by atoms with Crippen LogP contribution in [0.5, 0.6) is 0 Å². The van der Waals surface area contributed by atoms with Crippen LogP contribution in [0.4, 0.5) is 13.2 Å². The number of aryl methyl sites for hydroxylation is 2. The monoisotopic (exact) mass is 496 g/mol. The highest BCUT2D eigenvalue weighted by atomic mass is 19.2. The topological polar surface area (TPSA) is 69.9 Å². The molecule has 0 saturated carbocycles. The van der Waals surface area contributed by atoms with E-state index in [1.807, 2.05) is 25.1 Å². The zero-order valence-electron chi connectivity index (χ0n) is 20.0. The number of pyridine rings is 2. The maximum Gasteiger partial charge on any atom is 0.261 e. The van der Waals surface area contributed by atoms with Crippen molar-refractivity contribution >= 4 is 10.9 Å². The number of ether oxygens (including phenoxy) is 1. The molecule has 188 valence electrons. The van der Waals surface area contributed by atoms with Crippen LogP contribution in [0.1, 0.15) is 37.2 Å². The van der Waals surface area contributed by atoms with Gasteiger partial charge in [-0.05, 0) is 56.9 Å².